The molecule has 0 aromatic carbocycles. The van der Waals surface area contributed by atoms with Crippen molar-refractivity contribution in [2.75, 3.05) is 0 Å². The SMILES string of the molecule is Cc1csc(C(=O)NCc2nc(-c3ccncc3)n[nH]2)c1.O=C(O)C(F)(F)F. The van der Waals surface area contributed by atoms with Crippen molar-refractivity contribution < 1.29 is 27.9 Å². The van der Waals surface area contributed by atoms with Crippen LogP contribution in [0.5, 0.6) is 0 Å². The molecular formula is C16H14F3N5O3S. The quantitative estimate of drug-likeness (QED) is 0.605. The molecule has 3 aromatic heterocycles. The highest BCUT2D eigenvalue weighted by atomic mass is 32.1. The van der Waals surface area contributed by atoms with Crippen LogP contribution >= 0.6 is 11.3 Å². The summed E-state index contributed by atoms with van der Waals surface area (Å²) in [6.45, 7) is 2.28. The van der Waals surface area contributed by atoms with Gasteiger partial charge in [0.1, 0.15) is 5.82 Å². The van der Waals surface area contributed by atoms with Crippen LogP contribution in [0.2, 0.25) is 0 Å². The number of rotatable bonds is 4. The van der Waals surface area contributed by atoms with E-state index in [2.05, 4.69) is 25.5 Å². The number of aromatic nitrogens is 4. The number of carbonyl (C=O) groups is 2. The van der Waals surface area contributed by atoms with Gasteiger partial charge in [0.25, 0.3) is 5.91 Å². The molecular weight excluding hydrogens is 399 g/mol. The molecule has 28 heavy (non-hydrogen) atoms. The van der Waals surface area contributed by atoms with Crippen LogP contribution in [-0.2, 0) is 11.3 Å². The molecule has 0 spiro atoms. The maximum atomic E-state index is 11.9. The number of aliphatic carboxylic acids is 1. The van der Waals surface area contributed by atoms with E-state index in [1.165, 1.54) is 11.3 Å². The summed E-state index contributed by atoms with van der Waals surface area (Å²) >= 11 is 1.43. The maximum absolute atomic E-state index is 11.9. The fourth-order valence-electron chi connectivity index (χ4n) is 1.81. The van der Waals surface area contributed by atoms with E-state index in [0.717, 1.165) is 11.1 Å². The molecule has 0 saturated carbocycles. The van der Waals surface area contributed by atoms with Gasteiger partial charge in [-0.15, -0.1) is 11.3 Å². The van der Waals surface area contributed by atoms with Crippen LogP contribution in [0.1, 0.15) is 21.1 Å². The third kappa shape index (κ3) is 6.16. The number of hydrogen-bond donors (Lipinski definition) is 3. The lowest BCUT2D eigenvalue weighted by molar-refractivity contribution is -0.192. The number of alkyl halides is 3. The number of hydrogen-bond acceptors (Lipinski definition) is 6. The molecule has 0 unspecified atom stereocenters. The first-order valence-corrected chi connectivity index (χ1v) is 8.50. The van der Waals surface area contributed by atoms with Crippen LogP contribution in [-0.4, -0.2) is 43.3 Å². The van der Waals surface area contributed by atoms with E-state index < -0.39 is 12.1 Å². The Hall–Kier alpha value is -3.28. The fraction of sp³-hybridized carbons (Fsp3) is 0.188. The smallest absolute Gasteiger partial charge is 0.475 e. The molecule has 0 bridgehead atoms. The minimum absolute atomic E-state index is 0.102. The van der Waals surface area contributed by atoms with Gasteiger partial charge in [0.05, 0.1) is 11.4 Å². The Morgan fingerprint density at radius 3 is 2.46 bits per heavy atom. The average Bonchev–Trinajstić information content (AvgIpc) is 3.29. The van der Waals surface area contributed by atoms with Crippen LogP contribution in [0.4, 0.5) is 13.2 Å². The number of halogens is 3. The largest absolute Gasteiger partial charge is 0.490 e. The first kappa shape index (κ1) is 21.0. The summed E-state index contributed by atoms with van der Waals surface area (Å²) < 4.78 is 31.7. The van der Waals surface area contributed by atoms with Crippen LogP contribution in [0, 0.1) is 6.92 Å². The summed E-state index contributed by atoms with van der Waals surface area (Å²) in [5.41, 5.74) is 1.97. The summed E-state index contributed by atoms with van der Waals surface area (Å²) in [5, 5.41) is 18.8. The Morgan fingerprint density at radius 1 is 1.29 bits per heavy atom. The van der Waals surface area contributed by atoms with Crippen molar-refractivity contribution in [3.05, 3.63) is 52.2 Å². The summed E-state index contributed by atoms with van der Waals surface area (Å²) in [4.78, 5) is 29.8. The number of carboxylic acids is 1. The van der Waals surface area contributed by atoms with Crippen molar-refractivity contribution >= 4 is 23.2 Å². The number of carbonyl (C=O) groups excluding carboxylic acids is 1. The van der Waals surface area contributed by atoms with Crippen molar-refractivity contribution in [3.8, 4) is 11.4 Å². The van der Waals surface area contributed by atoms with E-state index in [1.807, 2.05) is 30.5 Å². The van der Waals surface area contributed by atoms with Crippen molar-refractivity contribution in [2.24, 2.45) is 0 Å². The van der Waals surface area contributed by atoms with E-state index in [-0.39, 0.29) is 5.91 Å². The molecule has 3 aromatic rings. The Bertz CT molecular complexity index is 940. The minimum atomic E-state index is -5.08. The number of carboxylic acid groups (broad SMARTS) is 1. The molecule has 0 saturated heterocycles. The zero-order valence-corrected chi connectivity index (χ0v) is 15.1. The van der Waals surface area contributed by atoms with Crippen molar-refractivity contribution in [2.45, 2.75) is 19.6 Å². The van der Waals surface area contributed by atoms with E-state index in [9.17, 15) is 18.0 Å². The summed E-state index contributed by atoms with van der Waals surface area (Å²) in [6, 6.07) is 5.53. The van der Waals surface area contributed by atoms with E-state index >= 15 is 0 Å². The number of amides is 1. The second-order valence-electron chi connectivity index (χ2n) is 5.32. The van der Waals surface area contributed by atoms with Gasteiger partial charge in [0.15, 0.2) is 5.82 Å². The number of nitrogens with one attached hydrogen (secondary N) is 2. The molecule has 0 aliphatic rings. The molecule has 1 amide bonds. The number of thiophene rings is 1. The van der Waals surface area contributed by atoms with Gasteiger partial charge < -0.3 is 10.4 Å². The van der Waals surface area contributed by atoms with Crippen molar-refractivity contribution in [1.82, 2.24) is 25.5 Å². The standard InChI is InChI=1S/C14H13N5OS.C2HF3O2/c1-9-6-11(21-8-9)14(20)16-7-12-17-13(19-18-12)10-2-4-15-5-3-10;3-2(4,5)1(6)7/h2-6,8H,7H2,1H3,(H,16,20)(H,17,18,19);(H,6,7). The highest BCUT2D eigenvalue weighted by molar-refractivity contribution is 7.12. The third-order valence-corrected chi connectivity index (χ3v) is 4.13. The van der Waals surface area contributed by atoms with Crippen LogP contribution < -0.4 is 5.32 Å². The molecule has 0 radical (unpaired) electrons. The van der Waals surface area contributed by atoms with Crippen LogP contribution in [0.25, 0.3) is 11.4 Å². The maximum Gasteiger partial charge on any atom is 0.490 e. The molecule has 3 heterocycles. The van der Waals surface area contributed by atoms with Gasteiger partial charge in [-0.1, -0.05) is 0 Å². The lowest BCUT2D eigenvalue weighted by Gasteiger charge is -1.99. The normalized spacial score (nSPS) is 10.7. The van der Waals surface area contributed by atoms with Crippen molar-refractivity contribution in [3.63, 3.8) is 0 Å². The Kier molecular flexibility index (Phi) is 6.82. The van der Waals surface area contributed by atoms with Gasteiger partial charge in [-0.3, -0.25) is 14.9 Å². The molecule has 148 valence electrons. The number of nitrogens with zero attached hydrogens (tertiary/aromatic N) is 3. The molecule has 0 aliphatic carbocycles. The number of H-pyrrole nitrogens is 1. The van der Waals surface area contributed by atoms with E-state index in [1.54, 1.807) is 12.4 Å². The number of pyridine rings is 1. The summed E-state index contributed by atoms with van der Waals surface area (Å²) in [6.07, 6.45) is -1.71. The molecule has 3 rings (SSSR count). The van der Waals surface area contributed by atoms with Crippen molar-refractivity contribution in [1.29, 1.82) is 0 Å². The lowest BCUT2D eigenvalue weighted by atomic mass is 10.2. The summed E-state index contributed by atoms with van der Waals surface area (Å²) in [5.74, 6) is -1.65. The second-order valence-corrected chi connectivity index (χ2v) is 6.23. The molecule has 0 fully saturated rings. The monoisotopic (exact) mass is 413 g/mol. The highest BCUT2D eigenvalue weighted by Crippen LogP contribution is 2.15. The lowest BCUT2D eigenvalue weighted by Crippen LogP contribution is -2.22. The summed E-state index contributed by atoms with van der Waals surface area (Å²) in [7, 11) is 0. The molecule has 3 N–H and O–H groups in total. The zero-order valence-electron chi connectivity index (χ0n) is 14.3. The Morgan fingerprint density at radius 2 is 1.93 bits per heavy atom. The van der Waals surface area contributed by atoms with Gasteiger partial charge in [-0.25, -0.2) is 9.78 Å². The Labute approximate surface area is 160 Å². The molecule has 8 nitrogen and oxygen atoms in total. The first-order valence-electron chi connectivity index (χ1n) is 7.62. The van der Waals surface area contributed by atoms with Crippen LogP contribution in [0.15, 0.2) is 36.0 Å². The van der Waals surface area contributed by atoms with Crippen LogP contribution in [0.3, 0.4) is 0 Å². The molecule has 0 atom stereocenters. The second kappa shape index (κ2) is 9.08. The average molecular weight is 413 g/mol. The van der Waals surface area contributed by atoms with Gasteiger partial charge in [-0.05, 0) is 36.1 Å². The fourth-order valence-corrected chi connectivity index (χ4v) is 2.62. The highest BCUT2D eigenvalue weighted by Gasteiger charge is 2.38. The third-order valence-electron chi connectivity index (χ3n) is 3.08. The van der Waals surface area contributed by atoms with E-state index in [0.29, 0.717) is 23.1 Å². The zero-order chi connectivity index (χ0) is 20.7. The number of aromatic amines is 1. The molecule has 0 aliphatic heterocycles. The van der Waals surface area contributed by atoms with Gasteiger partial charge >= 0.3 is 12.1 Å². The van der Waals surface area contributed by atoms with Gasteiger partial charge in [0, 0.05) is 18.0 Å². The molecule has 12 heteroatoms. The van der Waals surface area contributed by atoms with E-state index in [4.69, 9.17) is 9.90 Å². The van der Waals surface area contributed by atoms with Gasteiger partial charge in [0.2, 0.25) is 0 Å². The Balaban J connectivity index is 0.000000345. The number of aryl methyl sites for hydroxylation is 1. The first-order chi connectivity index (χ1) is 13.2. The van der Waals surface area contributed by atoms with Gasteiger partial charge in [-0.2, -0.15) is 18.3 Å². The topological polar surface area (TPSA) is 121 Å². The predicted octanol–water partition coefficient (Wildman–Crippen LogP) is 2.80. The minimum Gasteiger partial charge on any atom is -0.475 e. The predicted molar refractivity (Wildman–Crippen MR) is 93.5 cm³/mol.